The molecule has 0 saturated carbocycles. The van der Waals surface area contributed by atoms with Gasteiger partial charge in [0, 0.05) is 19.1 Å². The zero-order valence-electron chi connectivity index (χ0n) is 16.1. The molecule has 0 aromatic heterocycles. The molecule has 1 aromatic rings. The molecule has 0 spiro atoms. The van der Waals surface area contributed by atoms with Crippen molar-refractivity contribution < 1.29 is 35.9 Å². The molecule has 2 saturated heterocycles. The van der Waals surface area contributed by atoms with E-state index >= 15 is 0 Å². The zero-order valence-corrected chi connectivity index (χ0v) is 16.9. The number of cyclic esters (lactones) is 1. The first kappa shape index (κ1) is 21.7. The van der Waals surface area contributed by atoms with E-state index < -0.39 is 22.1 Å². The number of hydrogen-bond acceptors (Lipinski definition) is 5. The Hall–Kier alpha value is -2.01. The summed E-state index contributed by atoms with van der Waals surface area (Å²) >= 11 is 0. The molecular weight excluding hydrogens is 413 g/mol. The number of benzene rings is 1. The largest absolute Gasteiger partial charge is 0.573 e. The van der Waals surface area contributed by atoms with Gasteiger partial charge in [0.05, 0.1) is 10.9 Å². The van der Waals surface area contributed by atoms with Crippen molar-refractivity contribution in [1.29, 1.82) is 0 Å². The molecule has 1 atom stereocenters. The molecule has 162 valence electrons. The lowest BCUT2D eigenvalue weighted by Gasteiger charge is -2.38. The van der Waals surface area contributed by atoms with Gasteiger partial charge in [-0.25, -0.2) is 13.2 Å². The molecule has 2 aliphatic rings. The van der Waals surface area contributed by atoms with Crippen LogP contribution in [-0.2, 0) is 14.8 Å². The number of piperidine rings is 1. The summed E-state index contributed by atoms with van der Waals surface area (Å²) in [6, 6.07) is 3.99. The van der Waals surface area contributed by atoms with E-state index in [9.17, 15) is 26.4 Å². The van der Waals surface area contributed by atoms with Gasteiger partial charge in [-0.05, 0) is 43.0 Å². The molecule has 0 aliphatic carbocycles. The number of halogens is 3. The van der Waals surface area contributed by atoms with Crippen LogP contribution in [0.3, 0.4) is 0 Å². The number of amides is 1. The molecule has 1 amide bonds. The summed E-state index contributed by atoms with van der Waals surface area (Å²) in [5, 5.41) is 0. The molecule has 1 aromatic carbocycles. The van der Waals surface area contributed by atoms with E-state index in [1.165, 1.54) is 4.31 Å². The highest BCUT2D eigenvalue weighted by Gasteiger charge is 2.42. The van der Waals surface area contributed by atoms with Crippen LogP contribution in [0.5, 0.6) is 5.75 Å². The first-order valence-electron chi connectivity index (χ1n) is 9.30. The number of alkyl halides is 3. The normalized spacial score (nSPS) is 22.2. The summed E-state index contributed by atoms with van der Waals surface area (Å²) in [5.74, 6) is -0.261. The van der Waals surface area contributed by atoms with Crippen LogP contribution in [0.4, 0.5) is 18.0 Å². The molecule has 3 rings (SSSR count). The summed E-state index contributed by atoms with van der Waals surface area (Å²) in [4.78, 5) is 13.7. The van der Waals surface area contributed by atoms with Crippen LogP contribution in [0.15, 0.2) is 29.2 Å². The fraction of sp³-hybridized carbons (Fsp3) is 0.611. The molecule has 2 fully saturated rings. The van der Waals surface area contributed by atoms with Crippen LogP contribution in [0.25, 0.3) is 0 Å². The van der Waals surface area contributed by atoms with Crippen molar-refractivity contribution in [2.45, 2.75) is 50.0 Å². The Kier molecular flexibility index (Phi) is 6.00. The van der Waals surface area contributed by atoms with Gasteiger partial charge in [-0.1, -0.05) is 13.8 Å². The molecular formula is C18H23F3N2O5S. The number of sulfonamides is 1. The van der Waals surface area contributed by atoms with Crippen molar-refractivity contribution in [1.82, 2.24) is 9.21 Å². The summed E-state index contributed by atoms with van der Waals surface area (Å²) in [5.41, 5.74) is 0. The van der Waals surface area contributed by atoms with Crippen LogP contribution in [-0.4, -0.2) is 61.9 Å². The molecule has 2 aliphatic heterocycles. The van der Waals surface area contributed by atoms with Gasteiger partial charge in [-0.2, -0.15) is 4.31 Å². The minimum Gasteiger partial charge on any atom is -0.447 e. The summed E-state index contributed by atoms with van der Waals surface area (Å²) in [6.07, 6.45) is -4.28. The lowest BCUT2D eigenvalue weighted by atomic mass is 9.98. The zero-order chi connectivity index (χ0) is 21.4. The van der Waals surface area contributed by atoms with Gasteiger partial charge < -0.3 is 9.47 Å². The maximum absolute atomic E-state index is 12.8. The van der Waals surface area contributed by atoms with Gasteiger partial charge >= 0.3 is 12.5 Å². The van der Waals surface area contributed by atoms with E-state index in [1.807, 2.05) is 13.8 Å². The third-order valence-electron chi connectivity index (χ3n) is 5.23. The third kappa shape index (κ3) is 4.77. The second kappa shape index (κ2) is 8.02. The second-order valence-electron chi connectivity index (χ2n) is 7.45. The van der Waals surface area contributed by atoms with Gasteiger partial charge in [0.15, 0.2) is 0 Å². The minimum atomic E-state index is -4.84. The van der Waals surface area contributed by atoms with Crippen molar-refractivity contribution in [2.24, 2.45) is 5.92 Å². The molecule has 29 heavy (non-hydrogen) atoms. The van der Waals surface area contributed by atoms with Crippen LogP contribution >= 0.6 is 0 Å². The Morgan fingerprint density at radius 2 is 1.72 bits per heavy atom. The first-order valence-corrected chi connectivity index (χ1v) is 10.7. The van der Waals surface area contributed by atoms with Crippen molar-refractivity contribution >= 4 is 16.1 Å². The monoisotopic (exact) mass is 436 g/mol. The maximum atomic E-state index is 12.8. The van der Waals surface area contributed by atoms with Crippen LogP contribution in [0, 0.1) is 5.92 Å². The van der Waals surface area contributed by atoms with Crippen molar-refractivity contribution in [2.75, 3.05) is 19.7 Å². The Balaban J connectivity index is 1.66. The lowest BCUT2D eigenvalue weighted by molar-refractivity contribution is -0.274. The highest BCUT2D eigenvalue weighted by molar-refractivity contribution is 7.89. The van der Waals surface area contributed by atoms with Crippen molar-refractivity contribution in [3.8, 4) is 5.75 Å². The van der Waals surface area contributed by atoms with Gasteiger partial charge in [-0.15, -0.1) is 13.2 Å². The highest BCUT2D eigenvalue weighted by Crippen LogP contribution is 2.30. The van der Waals surface area contributed by atoms with E-state index in [1.54, 1.807) is 4.90 Å². The Bertz CT molecular complexity index is 834. The van der Waals surface area contributed by atoms with E-state index in [0.717, 1.165) is 24.3 Å². The number of nitrogens with zero attached hydrogens (tertiary/aromatic N) is 2. The quantitative estimate of drug-likeness (QED) is 0.709. The summed E-state index contributed by atoms with van der Waals surface area (Å²) < 4.78 is 72.6. The Labute approximate surface area is 167 Å². The van der Waals surface area contributed by atoms with E-state index in [-0.39, 0.29) is 42.1 Å². The summed E-state index contributed by atoms with van der Waals surface area (Å²) in [7, 11) is -3.85. The van der Waals surface area contributed by atoms with Gasteiger partial charge in [0.1, 0.15) is 12.4 Å². The second-order valence-corrected chi connectivity index (χ2v) is 9.39. The first-order chi connectivity index (χ1) is 13.5. The molecule has 0 N–H and O–H groups in total. The molecule has 0 bridgehead atoms. The number of hydrogen-bond donors (Lipinski definition) is 0. The predicted molar refractivity (Wildman–Crippen MR) is 96.7 cm³/mol. The van der Waals surface area contributed by atoms with Crippen LogP contribution in [0.2, 0.25) is 0 Å². The van der Waals surface area contributed by atoms with Crippen LogP contribution in [0.1, 0.15) is 26.7 Å². The SMILES string of the molecule is CC(C)C1COC(=O)N1C1CCN(S(=O)(=O)c2ccc(OC(F)(F)F)cc2)CC1. The molecule has 11 heteroatoms. The fourth-order valence-electron chi connectivity index (χ4n) is 3.70. The molecule has 1 unspecified atom stereocenters. The number of carbonyl (C=O) groups excluding carboxylic acids is 1. The van der Waals surface area contributed by atoms with Gasteiger partial charge in [-0.3, -0.25) is 4.90 Å². The molecule has 2 heterocycles. The van der Waals surface area contributed by atoms with E-state index in [0.29, 0.717) is 19.4 Å². The van der Waals surface area contributed by atoms with Crippen LogP contribution < -0.4 is 4.74 Å². The third-order valence-corrected chi connectivity index (χ3v) is 7.14. The average Bonchev–Trinajstić information content (AvgIpc) is 3.03. The van der Waals surface area contributed by atoms with Crippen molar-refractivity contribution in [3.63, 3.8) is 0 Å². The number of ether oxygens (including phenoxy) is 2. The topological polar surface area (TPSA) is 76.2 Å². The standard InChI is InChI=1S/C18H23F3N2O5S/c1-12(2)16-11-27-17(24)23(16)13-7-9-22(10-8-13)29(25,26)15-5-3-14(4-6-15)28-18(19,20)21/h3-6,12-13,16H,7-11H2,1-2H3. The maximum Gasteiger partial charge on any atom is 0.573 e. The van der Waals surface area contributed by atoms with E-state index in [2.05, 4.69) is 4.74 Å². The fourth-order valence-corrected chi connectivity index (χ4v) is 5.17. The average molecular weight is 436 g/mol. The molecule has 7 nitrogen and oxygen atoms in total. The van der Waals surface area contributed by atoms with Crippen molar-refractivity contribution in [3.05, 3.63) is 24.3 Å². The Morgan fingerprint density at radius 3 is 2.24 bits per heavy atom. The van der Waals surface area contributed by atoms with Gasteiger partial charge in [0.25, 0.3) is 0 Å². The Morgan fingerprint density at radius 1 is 1.14 bits per heavy atom. The lowest BCUT2D eigenvalue weighted by Crippen LogP contribution is -2.50. The smallest absolute Gasteiger partial charge is 0.447 e. The van der Waals surface area contributed by atoms with E-state index in [4.69, 9.17) is 4.74 Å². The highest BCUT2D eigenvalue weighted by atomic mass is 32.2. The number of carbonyl (C=O) groups is 1. The number of rotatable bonds is 5. The minimum absolute atomic E-state index is 0.0307. The van der Waals surface area contributed by atoms with Gasteiger partial charge in [0.2, 0.25) is 10.0 Å². The predicted octanol–water partition coefficient (Wildman–Crippen LogP) is 3.22. The molecule has 0 radical (unpaired) electrons. The summed E-state index contributed by atoms with van der Waals surface area (Å²) in [6.45, 7) is 4.77.